The molecule has 68 valence electrons. The summed E-state index contributed by atoms with van der Waals surface area (Å²) in [6.45, 7) is 0.362. The predicted molar refractivity (Wildman–Crippen MR) is 46.9 cm³/mol. The molecular formula is C10H10FNO. The molecule has 2 rings (SSSR count). The molecule has 1 amide bonds. The van der Waals surface area contributed by atoms with Crippen LogP contribution in [-0.4, -0.2) is 24.4 Å². The molecule has 1 heterocycles. The van der Waals surface area contributed by atoms with Crippen LogP contribution >= 0.6 is 0 Å². The van der Waals surface area contributed by atoms with E-state index < -0.39 is 5.67 Å². The zero-order chi connectivity index (χ0) is 9.31. The lowest BCUT2D eigenvalue weighted by Gasteiger charge is -2.42. The lowest BCUT2D eigenvalue weighted by molar-refractivity contribution is -0.132. The molecule has 3 heteroatoms. The van der Waals surface area contributed by atoms with Crippen molar-refractivity contribution in [3.8, 4) is 0 Å². The van der Waals surface area contributed by atoms with E-state index in [-0.39, 0.29) is 13.1 Å². The minimum Gasteiger partial charge on any atom is -0.338 e. The zero-order valence-electron chi connectivity index (χ0n) is 7.11. The van der Waals surface area contributed by atoms with Gasteiger partial charge in [0, 0.05) is 0 Å². The first-order valence-electron chi connectivity index (χ1n) is 4.18. The van der Waals surface area contributed by atoms with Gasteiger partial charge in [-0.3, -0.25) is 4.79 Å². The van der Waals surface area contributed by atoms with Gasteiger partial charge < -0.3 is 4.90 Å². The van der Waals surface area contributed by atoms with Crippen molar-refractivity contribution in [2.75, 3.05) is 13.1 Å². The molecule has 0 spiro atoms. The minimum absolute atomic E-state index is 0.181. The van der Waals surface area contributed by atoms with E-state index >= 15 is 0 Å². The fourth-order valence-electron chi connectivity index (χ4n) is 1.59. The maximum Gasteiger partial charge on any atom is 0.209 e. The Morgan fingerprint density at radius 2 is 1.92 bits per heavy atom. The van der Waals surface area contributed by atoms with Crippen LogP contribution in [0.25, 0.3) is 0 Å². The number of hydrogen-bond acceptors (Lipinski definition) is 1. The second-order valence-electron chi connectivity index (χ2n) is 3.34. The van der Waals surface area contributed by atoms with E-state index in [9.17, 15) is 9.18 Å². The van der Waals surface area contributed by atoms with Crippen molar-refractivity contribution in [1.29, 1.82) is 0 Å². The van der Waals surface area contributed by atoms with Crippen LogP contribution in [0.1, 0.15) is 5.56 Å². The SMILES string of the molecule is O=CN1CC(F)(c2ccccc2)C1. The highest BCUT2D eigenvalue weighted by molar-refractivity contribution is 5.51. The van der Waals surface area contributed by atoms with Crippen LogP contribution in [0.3, 0.4) is 0 Å². The van der Waals surface area contributed by atoms with Crippen molar-refractivity contribution in [1.82, 2.24) is 4.90 Å². The summed E-state index contributed by atoms with van der Waals surface area (Å²) in [6, 6.07) is 8.97. The van der Waals surface area contributed by atoms with Gasteiger partial charge in [0.1, 0.15) is 0 Å². The van der Waals surface area contributed by atoms with Gasteiger partial charge in [0.15, 0.2) is 5.67 Å². The van der Waals surface area contributed by atoms with Crippen LogP contribution < -0.4 is 0 Å². The molecule has 1 aliphatic rings. The first-order valence-corrected chi connectivity index (χ1v) is 4.18. The van der Waals surface area contributed by atoms with Crippen LogP contribution in [0.5, 0.6) is 0 Å². The van der Waals surface area contributed by atoms with E-state index in [0.717, 1.165) is 0 Å². The number of rotatable bonds is 2. The normalized spacial score (nSPS) is 19.3. The van der Waals surface area contributed by atoms with E-state index in [1.54, 1.807) is 24.3 Å². The van der Waals surface area contributed by atoms with Crippen LogP contribution in [0.2, 0.25) is 0 Å². The lowest BCUT2D eigenvalue weighted by atomic mass is 9.89. The fourth-order valence-corrected chi connectivity index (χ4v) is 1.59. The van der Waals surface area contributed by atoms with Gasteiger partial charge in [-0.25, -0.2) is 4.39 Å². The third kappa shape index (κ3) is 1.30. The van der Waals surface area contributed by atoms with Gasteiger partial charge in [0.25, 0.3) is 0 Å². The second-order valence-corrected chi connectivity index (χ2v) is 3.34. The molecule has 1 aromatic carbocycles. The van der Waals surface area contributed by atoms with E-state index in [1.165, 1.54) is 4.90 Å². The molecule has 1 saturated heterocycles. The molecule has 1 aliphatic heterocycles. The molecule has 0 bridgehead atoms. The van der Waals surface area contributed by atoms with E-state index in [1.807, 2.05) is 6.07 Å². The zero-order valence-corrected chi connectivity index (χ0v) is 7.11. The van der Waals surface area contributed by atoms with Crippen molar-refractivity contribution >= 4 is 6.41 Å². The molecule has 0 unspecified atom stereocenters. The molecule has 1 fully saturated rings. The van der Waals surface area contributed by atoms with E-state index in [2.05, 4.69) is 0 Å². The highest BCUT2D eigenvalue weighted by Gasteiger charge is 2.44. The molecule has 0 saturated carbocycles. The summed E-state index contributed by atoms with van der Waals surface area (Å²) < 4.78 is 13.9. The van der Waals surface area contributed by atoms with Crippen molar-refractivity contribution in [2.45, 2.75) is 5.67 Å². The molecule has 1 aromatic rings. The largest absolute Gasteiger partial charge is 0.338 e. The quantitative estimate of drug-likeness (QED) is 0.627. The summed E-state index contributed by atoms with van der Waals surface area (Å²) in [7, 11) is 0. The Balaban J connectivity index is 2.15. The Labute approximate surface area is 76.0 Å². The minimum atomic E-state index is -1.32. The van der Waals surface area contributed by atoms with Gasteiger partial charge in [-0.2, -0.15) is 0 Å². The van der Waals surface area contributed by atoms with Crippen LogP contribution in [0.15, 0.2) is 30.3 Å². The number of alkyl halides is 1. The molecule has 0 atom stereocenters. The Kier molecular flexibility index (Phi) is 1.79. The van der Waals surface area contributed by atoms with Gasteiger partial charge in [0.2, 0.25) is 6.41 Å². The molecule has 2 nitrogen and oxygen atoms in total. The Morgan fingerprint density at radius 1 is 1.31 bits per heavy atom. The first-order chi connectivity index (χ1) is 6.24. The maximum atomic E-state index is 13.9. The molecule has 13 heavy (non-hydrogen) atoms. The Hall–Kier alpha value is -1.38. The van der Waals surface area contributed by atoms with Gasteiger partial charge in [0.05, 0.1) is 13.1 Å². The number of carbonyl (C=O) groups is 1. The van der Waals surface area contributed by atoms with Crippen molar-refractivity contribution in [3.63, 3.8) is 0 Å². The lowest BCUT2D eigenvalue weighted by Crippen LogP contribution is -2.55. The molecule has 0 N–H and O–H groups in total. The molecule has 0 radical (unpaired) electrons. The molecule has 0 aromatic heterocycles. The average Bonchev–Trinajstić information content (AvgIpc) is 2.14. The summed E-state index contributed by atoms with van der Waals surface area (Å²) >= 11 is 0. The summed E-state index contributed by atoms with van der Waals surface area (Å²) in [4.78, 5) is 11.7. The molecular weight excluding hydrogens is 169 g/mol. The Morgan fingerprint density at radius 3 is 2.46 bits per heavy atom. The monoisotopic (exact) mass is 179 g/mol. The highest BCUT2D eigenvalue weighted by Crippen LogP contribution is 2.34. The summed E-state index contributed by atoms with van der Waals surface area (Å²) in [5.41, 5.74) is -0.657. The highest BCUT2D eigenvalue weighted by atomic mass is 19.1. The van der Waals surface area contributed by atoms with Gasteiger partial charge >= 0.3 is 0 Å². The third-order valence-corrected chi connectivity index (χ3v) is 2.35. The van der Waals surface area contributed by atoms with Gasteiger partial charge in [-0.1, -0.05) is 30.3 Å². The summed E-state index contributed by atoms with van der Waals surface area (Å²) in [6.07, 6.45) is 0.681. The van der Waals surface area contributed by atoms with Gasteiger partial charge in [-0.05, 0) is 5.56 Å². The number of nitrogens with zero attached hydrogens (tertiary/aromatic N) is 1. The average molecular weight is 179 g/mol. The molecule has 0 aliphatic carbocycles. The third-order valence-electron chi connectivity index (χ3n) is 2.35. The summed E-state index contributed by atoms with van der Waals surface area (Å²) in [5.74, 6) is 0. The summed E-state index contributed by atoms with van der Waals surface area (Å²) in [5, 5.41) is 0. The number of likely N-dealkylation sites (tertiary alicyclic amines) is 1. The second kappa shape index (κ2) is 2.83. The first kappa shape index (κ1) is 8.23. The smallest absolute Gasteiger partial charge is 0.209 e. The Bertz CT molecular complexity index is 306. The van der Waals surface area contributed by atoms with E-state index in [4.69, 9.17) is 0 Å². The van der Waals surface area contributed by atoms with Crippen molar-refractivity contribution in [3.05, 3.63) is 35.9 Å². The number of benzene rings is 1. The standard InChI is InChI=1S/C10H10FNO/c11-10(6-12(7-10)8-13)9-4-2-1-3-5-9/h1-5,8H,6-7H2. The van der Waals surface area contributed by atoms with E-state index in [0.29, 0.717) is 12.0 Å². The van der Waals surface area contributed by atoms with Crippen molar-refractivity contribution in [2.24, 2.45) is 0 Å². The van der Waals surface area contributed by atoms with Crippen LogP contribution in [-0.2, 0) is 10.5 Å². The maximum absolute atomic E-state index is 13.9. The number of halogens is 1. The predicted octanol–water partition coefficient (Wildman–Crippen LogP) is 1.32. The number of carbonyl (C=O) groups excluding carboxylic acids is 1. The topological polar surface area (TPSA) is 20.3 Å². The van der Waals surface area contributed by atoms with Crippen LogP contribution in [0.4, 0.5) is 4.39 Å². The van der Waals surface area contributed by atoms with Crippen LogP contribution in [0, 0.1) is 0 Å². The number of hydrogen-bond donors (Lipinski definition) is 0. The van der Waals surface area contributed by atoms with Crippen molar-refractivity contribution < 1.29 is 9.18 Å². The number of amides is 1. The van der Waals surface area contributed by atoms with Gasteiger partial charge in [-0.15, -0.1) is 0 Å². The fraction of sp³-hybridized carbons (Fsp3) is 0.300.